The van der Waals surface area contributed by atoms with E-state index < -0.39 is 0 Å². The Morgan fingerprint density at radius 2 is 2.16 bits per heavy atom. The molecule has 19 heavy (non-hydrogen) atoms. The molecule has 1 aliphatic rings. The Kier molecular flexibility index (Phi) is 4.74. The van der Waals surface area contributed by atoms with Crippen LogP contribution in [0.3, 0.4) is 0 Å². The molecule has 5 nitrogen and oxygen atoms in total. The normalized spacial score (nSPS) is 22.8. The van der Waals surface area contributed by atoms with E-state index in [0.29, 0.717) is 12.6 Å². The first-order valence-corrected chi connectivity index (χ1v) is 6.78. The predicted octanol–water partition coefficient (Wildman–Crippen LogP) is 1.81. The molecule has 0 saturated heterocycles. The summed E-state index contributed by atoms with van der Waals surface area (Å²) in [6, 6.07) is 2.40. The van der Waals surface area contributed by atoms with Crippen LogP contribution >= 0.6 is 0 Å². The van der Waals surface area contributed by atoms with Crippen molar-refractivity contribution < 1.29 is 5.11 Å². The Labute approximate surface area is 114 Å². The molecule has 0 radical (unpaired) electrons. The summed E-state index contributed by atoms with van der Waals surface area (Å²) in [5, 5.41) is 12.7. The quantitative estimate of drug-likeness (QED) is 0.793. The van der Waals surface area contributed by atoms with E-state index in [4.69, 9.17) is 0 Å². The summed E-state index contributed by atoms with van der Waals surface area (Å²) in [5.74, 6) is 1.73. The van der Waals surface area contributed by atoms with E-state index >= 15 is 0 Å². The number of nitrogens with one attached hydrogen (secondary N) is 1. The molecule has 1 fully saturated rings. The minimum atomic E-state index is -0.125. The summed E-state index contributed by atoms with van der Waals surface area (Å²) in [6.45, 7) is 4.36. The number of anilines is 2. The average Bonchev–Trinajstić information content (AvgIpc) is 2.45. The lowest BCUT2D eigenvalue weighted by Crippen LogP contribution is -2.36. The van der Waals surface area contributed by atoms with E-state index in [2.05, 4.69) is 33.8 Å². The Morgan fingerprint density at radius 3 is 2.84 bits per heavy atom. The number of hydrogen-bond donors (Lipinski definition) is 2. The number of aliphatic hydroxyl groups excluding tert-OH is 1. The summed E-state index contributed by atoms with van der Waals surface area (Å²) < 4.78 is 0. The van der Waals surface area contributed by atoms with E-state index in [1.807, 2.05) is 6.07 Å². The number of aliphatic hydroxyl groups is 1. The molecule has 0 aromatic carbocycles. The van der Waals surface area contributed by atoms with Crippen LogP contribution in [-0.2, 0) is 0 Å². The summed E-state index contributed by atoms with van der Waals surface area (Å²) in [7, 11) is 2.06. The van der Waals surface area contributed by atoms with Crippen LogP contribution in [0.15, 0.2) is 25.0 Å². The monoisotopic (exact) mass is 262 g/mol. The fourth-order valence-electron chi connectivity index (χ4n) is 2.45. The van der Waals surface area contributed by atoms with Gasteiger partial charge < -0.3 is 15.3 Å². The third-order valence-electron chi connectivity index (χ3n) is 3.66. The van der Waals surface area contributed by atoms with Crippen LogP contribution < -0.4 is 10.2 Å². The summed E-state index contributed by atoms with van der Waals surface area (Å²) >= 11 is 0. The van der Waals surface area contributed by atoms with Crippen LogP contribution in [-0.4, -0.2) is 40.8 Å². The number of nitrogens with zero attached hydrogens (tertiary/aromatic N) is 3. The SMILES string of the molecule is C=CCNc1cc(N(C)C2CCC(O)CC2)ncn1. The van der Waals surface area contributed by atoms with E-state index in [9.17, 15) is 5.11 Å². The Morgan fingerprint density at radius 1 is 1.42 bits per heavy atom. The van der Waals surface area contributed by atoms with E-state index in [1.165, 1.54) is 0 Å². The van der Waals surface area contributed by atoms with Crippen LogP contribution in [0.4, 0.5) is 11.6 Å². The van der Waals surface area contributed by atoms with Crippen molar-refractivity contribution in [2.24, 2.45) is 0 Å². The molecule has 0 atom stereocenters. The molecular formula is C14H22N4O. The van der Waals surface area contributed by atoms with Crippen molar-refractivity contribution in [2.45, 2.75) is 37.8 Å². The fraction of sp³-hybridized carbons (Fsp3) is 0.571. The van der Waals surface area contributed by atoms with Crippen molar-refractivity contribution in [2.75, 3.05) is 23.8 Å². The minimum absolute atomic E-state index is 0.125. The fourth-order valence-corrected chi connectivity index (χ4v) is 2.45. The van der Waals surface area contributed by atoms with E-state index in [-0.39, 0.29) is 6.10 Å². The van der Waals surface area contributed by atoms with Crippen molar-refractivity contribution in [3.05, 3.63) is 25.0 Å². The topological polar surface area (TPSA) is 61.3 Å². The van der Waals surface area contributed by atoms with Gasteiger partial charge in [-0.05, 0) is 25.7 Å². The van der Waals surface area contributed by atoms with Gasteiger partial charge in [0.15, 0.2) is 0 Å². The Hall–Kier alpha value is -1.62. The van der Waals surface area contributed by atoms with Crippen LogP contribution in [0.25, 0.3) is 0 Å². The number of aromatic nitrogens is 2. The standard InChI is InChI=1S/C14H22N4O/c1-3-8-15-13-9-14(17-10-16-13)18(2)11-4-6-12(19)7-5-11/h3,9-12,19H,1,4-8H2,2H3,(H,15,16,17). The number of rotatable bonds is 5. The number of hydrogen-bond acceptors (Lipinski definition) is 5. The van der Waals surface area contributed by atoms with Gasteiger partial charge in [0.25, 0.3) is 0 Å². The first kappa shape index (κ1) is 13.8. The highest BCUT2D eigenvalue weighted by Gasteiger charge is 2.23. The van der Waals surface area contributed by atoms with Gasteiger partial charge in [-0.25, -0.2) is 9.97 Å². The lowest BCUT2D eigenvalue weighted by molar-refractivity contribution is 0.122. The van der Waals surface area contributed by atoms with E-state index in [1.54, 1.807) is 12.4 Å². The van der Waals surface area contributed by atoms with Gasteiger partial charge in [0.2, 0.25) is 0 Å². The zero-order valence-electron chi connectivity index (χ0n) is 11.4. The van der Waals surface area contributed by atoms with Gasteiger partial charge in [0.1, 0.15) is 18.0 Å². The van der Waals surface area contributed by atoms with Crippen LogP contribution in [0.5, 0.6) is 0 Å². The van der Waals surface area contributed by atoms with Crippen molar-refractivity contribution >= 4 is 11.6 Å². The molecule has 104 valence electrons. The molecule has 2 N–H and O–H groups in total. The maximum atomic E-state index is 9.56. The largest absolute Gasteiger partial charge is 0.393 e. The highest BCUT2D eigenvalue weighted by molar-refractivity contribution is 5.48. The lowest BCUT2D eigenvalue weighted by atomic mass is 9.92. The van der Waals surface area contributed by atoms with Gasteiger partial charge in [-0.3, -0.25) is 0 Å². The molecular weight excluding hydrogens is 240 g/mol. The molecule has 0 unspecified atom stereocenters. The highest BCUT2D eigenvalue weighted by Crippen LogP contribution is 2.25. The van der Waals surface area contributed by atoms with Crippen LogP contribution in [0, 0.1) is 0 Å². The second kappa shape index (κ2) is 6.52. The molecule has 0 amide bonds. The van der Waals surface area contributed by atoms with Gasteiger partial charge in [0, 0.05) is 25.7 Å². The maximum absolute atomic E-state index is 9.56. The van der Waals surface area contributed by atoms with Crippen molar-refractivity contribution in [3.8, 4) is 0 Å². The van der Waals surface area contributed by atoms with Crippen molar-refractivity contribution in [3.63, 3.8) is 0 Å². The zero-order chi connectivity index (χ0) is 13.7. The lowest BCUT2D eigenvalue weighted by Gasteiger charge is -2.33. The molecule has 2 rings (SSSR count). The van der Waals surface area contributed by atoms with Crippen molar-refractivity contribution in [1.82, 2.24) is 9.97 Å². The molecule has 1 heterocycles. The van der Waals surface area contributed by atoms with Crippen LogP contribution in [0.1, 0.15) is 25.7 Å². The first-order chi connectivity index (χ1) is 9.20. The summed E-state index contributed by atoms with van der Waals surface area (Å²) in [5.41, 5.74) is 0. The summed E-state index contributed by atoms with van der Waals surface area (Å²) in [4.78, 5) is 10.7. The van der Waals surface area contributed by atoms with Gasteiger partial charge >= 0.3 is 0 Å². The maximum Gasteiger partial charge on any atom is 0.134 e. The molecule has 1 aromatic rings. The second-order valence-electron chi connectivity index (χ2n) is 5.00. The molecule has 1 aromatic heterocycles. The molecule has 5 heteroatoms. The molecule has 0 aliphatic heterocycles. The van der Waals surface area contributed by atoms with E-state index in [0.717, 1.165) is 37.3 Å². The first-order valence-electron chi connectivity index (χ1n) is 6.78. The zero-order valence-corrected chi connectivity index (χ0v) is 11.4. The molecule has 0 spiro atoms. The Balaban J connectivity index is 2.01. The van der Waals surface area contributed by atoms with Gasteiger partial charge in [-0.1, -0.05) is 6.08 Å². The minimum Gasteiger partial charge on any atom is -0.393 e. The molecule has 0 bridgehead atoms. The van der Waals surface area contributed by atoms with Crippen LogP contribution in [0.2, 0.25) is 0 Å². The molecule has 1 aliphatic carbocycles. The van der Waals surface area contributed by atoms with Crippen molar-refractivity contribution in [1.29, 1.82) is 0 Å². The smallest absolute Gasteiger partial charge is 0.134 e. The molecule has 1 saturated carbocycles. The summed E-state index contributed by atoms with van der Waals surface area (Å²) in [6.07, 6.45) is 7.03. The van der Waals surface area contributed by atoms with Gasteiger partial charge in [-0.2, -0.15) is 0 Å². The second-order valence-corrected chi connectivity index (χ2v) is 5.00. The predicted molar refractivity (Wildman–Crippen MR) is 77.4 cm³/mol. The third-order valence-corrected chi connectivity index (χ3v) is 3.66. The van der Waals surface area contributed by atoms with Gasteiger partial charge in [-0.15, -0.1) is 6.58 Å². The van der Waals surface area contributed by atoms with Gasteiger partial charge in [0.05, 0.1) is 6.10 Å². The Bertz CT molecular complexity index is 416. The highest BCUT2D eigenvalue weighted by atomic mass is 16.3. The average molecular weight is 262 g/mol. The third kappa shape index (κ3) is 3.67.